The van der Waals surface area contributed by atoms with Crippen LogP contribution in [-0.4, -0.2) is 30.4 Å². The van der Waals surface area contributed by atoms with Gasteiger partial charge in [0.05, 0.1) is 10.3 Å². The number of hydrogen-bond acceptors (Lipinski definition) is 3. The van der Waals surface area contributed by atoms with Gasteiger partial charge >= 0.3 is 0 Å². The molecule has 2 atom stereocenters. The van der Waals surface area contributed by atoms with Crippen molar-refractivity contribution in [2.75, 3.05) is 13.6 Å². The molecule has 1 rings (SSSR count). The Hall–Kier alpha value is -0.290. The van der Waals surface area contributed by atoms with Gasteiger partial charge in [0.15, 0.2) is 0 Å². The molecule has 1 aromatic heterocycles. The number of likely N-dealkylation sites (N-methyl/N-ethyl adjacent to an activating group) is 1. The van der Waals surface area contributed by atoms with Crippen molar-refractivity contribution in [3.8, 4) is 0 Å². The van der Waals surface area contributed by atoms with Crippen molar-refractivity contribution in [2.24, 2.45) is 11.7 Å². The van der Waals surface area contributed by atoms with Gasteiger partial charge in [0.2, 0.25) is 5.91 Å². The highest BCUT2D eigenvalue weighted by molar-refractivity contribution is 7.16. The van der Waals surface area contributed by atoms with Gasteiger partial charge in [-0.3, -0.25) is 4.79 Å². The Morgan fingerprint density at radius 1 is 1.40 bits per heavy atom. The van der Waals surface area contributed by atoms with Crippen LogP contribution in [0.25, 0.3) is 0 Å². The molecule has 0 radical (unpaired) electrons. The highest BCUT2D eigenvalue weighted by Gasteiger charge is 2.21. The Morgan fingerprint density at radius 2 is 2.00 bits per heavy atom. The maximum Gasteiger partial charge on any atom is 0.230 e. The molecule has 1 heterocycles. The summed E-state index contributed by atoms with van der Waals surface area (Å²) in [6, 6.07) is 3.89. The molecule has 0 aliphatic rings. The Labute approximate surface area is 136 Å². The summed E-state index contributed by atoms with van der Waals surface area (Å²) in [4.78, 5) is 15.1. The van der Waals surface area contributed by atoms with Crippen molar-refractivity contribution in [3.63, 3.8) is 0 Å². The third kappa shape index (κ3) is 5.60. The highest BCUT2D eigenvalue weighted by atomic mass is 35.5. The van der Waals surface area contributed by atoms with Gasteiger partial charge in [-0.05, 0) is 31.4 Å². The van der Waals surface area contributed by atoms with Crippen LogP contribution in [0.2, 0.25) is 4.34 Å². The molecule has 0 saturated carbocycles. The van der Waals surface area contributed by atoms with Crippen molar-refractivity contribution in [1.82, 2.24) is 4.90 Å². The molecular weight excluding hydrogens is 315 g/mol. The molecule has 6 heteroatoms. The van der Waals surface area contributed by atoms with E-state index in [9.17, 15) is 4.79 Å². The first kappa shape index (κ1) is 19.7. The van der Waals surface area contributed by atoms with E-state index < -0.39 is 0 Å². The minimum atomic E-state index is -0.141. The van der Waals surface area contributed by atoms with E-state index in [1.807, 2.05) is 26.1 Å². The Morgan fingerprint density at radius 3 is 2.45 bits per heavy atom. The van der Waals surface area contributed by atoms with Gasteiger partial charge in [0.25, 0.3) is 0 Å². The summed E-state index contributed by atoms with van der Waals surface area (Å²) >= 11 is 7.37. The molecule has 1 aromatic rings. The van der Waals surface area contributed by atoms with Crippen LogP contribution in [0.4, 0.5) is 0 Å². The molecule has 0 saturated heterocycles. The van der Waals surface area contributed by atoms with E-state index in [0.717, 1.165) is 15.6 Å². The summed E-state index contributed by atoms with van der Waals surface area (Å²) in [5.74, 6) is 0.421. The summed E-state index contributed by atoms with van der Waals surface area (Å²) in [7, 11) is 1.83. The predicted octanol–water partition coefficient (Wildman–Crippen LogP) is 3.76. The van der Waals surface area contributed by atoms with Crippen LogP contribution >= 0.6 is 35.3 Å². The van der Waals surface area contributed by atoms with Gasteiger partial charge < -0.3 is 10.6 Å². The van der Waals surface area contributed by atoms with E-state index in [1.54, 1.807) is 4.90 Å². The van der Waals surface area contributed by atoms with Gasteiger partial charge in [-0.2, -0.15) is 0 Å². The lowest BCUT2D eigenvalue weighted by atomic mass is 10.0. The predicted molar refractivity (Wildman–Crippen MR) is 90.1 cm³/mol. The molecule has 2 unspecified atom stereocenters. The lowest BCUT2D eigenvalue weighted by Crippen LogP contribution is -2.36. The average Bonchev–Trinajstić information content (AvgIpc) is 2.80. The molecule has 20 heavy (non-hydrogen) atoms. The standard InChI is InChI=1S/C14H23ClN2OS.ClH/c1-9(2)11(16)7-8-17(4)14(18)10(3)12-5-6-13(15)19-12;/h5-6,9-11H,7-8,16H2,1-4H3;1H. The molecule has 2 N–H and O–H groups in total. The largest absolute Gasteiger partial charge is 0.345 e. The van der Waals surface area contributed by atoms with E-state index in [2.05, 4.69) is 13.8 Å². The summed E-state index contributed by atoms with van der Waals surface area (Å²) in [5, 5.41) is 0. The molecule has 0 bridgehead atoms. The van der Waals surface area contributed by atoms with Gasteiger partial charge in [0.1, 0.15) is 0 Å². The molecule has 116 valence electrons. The second-order valence-corrected chi connectivity index (χ2v) is 7.07. The van der Waals surface area contributed by atoms with Crippen molar-refractivity contribution in [2.45, 2.75) is 39.2 Å². The van der Waals surface area contributed by atoms with Gasteiger partial charge in [-0.1, -0.05) is 25.4 Å². The SMILES string of the molecule is CC(C(=O)N(C)CCC(N)C(C)C)c1ccc(Cl)s1.Cl. The third-order valence-electron chi connectivity index (χ3n) is 3.42. The summed E-state index contributed by atoms with van der Waals surface area (Å²) in [6.45, 7) is 6.82. The van der Waals surface area contributed by atoms with E-state index in [4.69, 9.17) is 17.3 Å². The van der Waals surface area contributed by atoms with Crippen LogP contribution in [0.15, 0.2) is 12.1 Å². The number of halogens is 2. The number of thiophene rings is 1. The quantitative estimate of drug-likeness (QED) is 0.858. The first-order chi connectivity index (χ1) is 8.82. The Balaban J connectivity index is 0.00000361. The van der Waals surface area contributed by atoms with Crippen LogP contribution in [0.3, 0.4) is 0 Å². The zero-order valence-electron chi connectivity index (χ0n) is 12.4. The smallest absolute Gasteiger partial charge is 0.230 e. The molecular formula is C14H24Cl2N2OS. The van der Waals surface area contributed by atoms with Crippen molar-refractivity contribution < 1.29 is 4.79 Å². The summed E-state index contributed by atoms with van der Waals surface area (Å²) in [6.07, 6.45) is 0.831. The highest BCUT2D eigenvalue weighted by Crippen LogP contribution is 2.29. The fraction of sp³-hybridized carbons (Fsp3) is 0.643. The molecule has 0 aromatic carbocycles. The Bertz CT molecular complexity index is 423. The maximum atomic E-state index is 12.3. The van der Waals surface area contributed by atoms with Crippen LogP contribution in [0.5, 0.6) is 0 Å². The van der Waals surface area contributed by atoms with E-state index in [-0.39, 0.29) is 30.3 Å². The van der Waals surface area contributed by atoms with E-state index in [1.165, 1.54) is 11.3 Å². The molecule has 0 aliphatic heterocycles. The fourth-order valence-electron chi connectivity index (χ4n) is 1.80. The Kier molecular flexibility index (Phi) is 8.75. The lowest BCUT2D eigenvalue weighted by molar-refractivity contribution is -0.131. The van der Waals surface area contributed by atoms with Crippen LogP contribution < -0.4 is 5.73 Å². The summed E-state index contributed by atoms with van der Waals surface area (Å²) < 4.78 is 0.721. The first-order valence-electron chi connectivity index (χ1n) is 6.58. The minimum absolute atomic E-state index is 0. The first-order valence-corrected chi connectivity index (χ1v) is 7.78. The molecule has 0 fully saturated rings. The number of nitrogens with two attached hydrogens (primary N) is 1. The minimum Gasteiger partial charge on any atom is -0.345 e. The van der Waals surface area contributed by atoms with Crippen LogP contribution in [0.1, 0.15) is 38.0 Å². The number of carbonyl (C=O) groups excluding carboxylic acids is 1. The van der Waals surface area contributed by atoms with Gasteiger partial charge in [-0.15, -0.1) is 23.7 Å². The lowest BCUT2D eigenvalue weighted by Gasteiger charge is -2.23. The normalized spacial score (nSPS) is 13.8. The maximum absolute atomic E-state index is 12.3. The van der Waals surface area contributed by atoms with Crippen molar-refractivity contribution in [1.29, 1.82) is 0 Å². The van der Waals surface area contributed by atoms with E-state index >= 15 is 0 Å². The molecule has 0 aliphatic carbocycles. The zero-order chi connectivity index (χ0) is 14.6. The second kappa shape index (κ2) is 8.88. The topological polar surface area (TPSA) is 46.3 Å². The molecule has 0 spiro atoms. The van der Waals surface area contributed by atoms with Crippen molar-refractivity contribution in [3.05, 3.63) is 21.3 Å². The van der Waals surface area contributed by atoms with Gasteiger partial charge in [-0.25, -0.2) is 0 Å². The van der Waals surface area contributed by atoms with Crippen LogP contribution in [0, 0.1) is 5.92 Å². The number of carbonyl (C=O) groups is 1. The van der Waals surface area contributed by atoms with Gasteiger partial charge in [0, 0.05) is 24.5 Å². The average molecular weight is 339 g/mol. The zero-order valence-corrected chi connectivity index (χ0v) is 14.8. The number of rotatable bonds is 6. The molecule has 3 nitrogen and oxygen atoms in total. The number of nitrogens with zero attached hydrogens (tertiary/aromatic N) is 1. The third-order valence-corrected chi connectivity index (χ3v) is 4.84. The molecule has 1 amide bonds. The summed E-state index contributed by atoms with van der Waals surface area (Å²) in [5.41, 5.74) is 6.00. The monoisotopic (exact) mass is 338 g/mol. The van der Waals surface area contributed by atoms with Crippen molar-refractivity contribution >= 4 is 41.3 Å². The number of amides is 1. The van der Waals surface area contributed by atoms with Crippen LogP contribution in [-0.2, 0) is 4.79 Å². The van der Waals surface area contributed by atoms with E-state index in [0.29, 0.717) is 12.5 Å². The number of hydrogen-bond donors (Lipinski definition) is 1. The fourth-order valence-corrected chi connectivity index (χ4v) is 2.90. The second-order valence-electron chi connectivity index (χ2n) is 5.32.